The van der Waals surface area contributed by atoms with E-state index in [0.717, 1.165) is 50.3 Å². The van der Waals surface area contributed by atoms with E-state index in [1.807, 2.05) is 30.3 Å². The van der Waals surface area contributed by atoms with Crippen molar-refractivity contribution < 1.29 is 4.74 Å². The van der Waals surface area contributed by atoms with Gasteiger partial charge >= 0.3 is 0 Å². The highest BCUT2D eigenvalue weighted by atomic mass is 16.5. The number of para-hydroxylation sites is 1. The molecule has 0 N–H and O–H groups in total. The second kappa shape index (κ2) is 12.8. The zero-order chi connectivity index (χ0) is 33.3. The summed E-state index contributed by atoms with van der Waals surface area (Å²) in [6.07, 6.45) is 0. The van der Waals surface area contributed by atoms with Gasteiger partial charge in [0.1, 0.15) is 12.4 Å². The predicted molar refractivity (Wildman–Crippen MR) is 202 cm³/mol. The lowest BCUT2D eigenvalue weighted by Gasteiger charge is -2.23. The van der Waals surface area contributed by atoms with Gasteiger partial charge in [0.05, 0.1) is 0 Å². The van der Waals surface area contributed by atoms with Gasteiger partial charge in [0.25, 0.3) is 0 Å². The van der Waals surface area contributed by atoms with Crippen LogP contribution < -0.4 is 4.74 Å². The largest absolute Gasteiger partial charge is 0.488 e. The predicted octanol–water partition coefficient (Wildman–Crippen LogP) is 11.4. The van der Waals surface area contributed by atoms with Gasteiger partial charge in [0, 0.05) is 22.3 Å². The number of aromatic nitrogens is 3. The molecule has 0 saturated heterocycles. The number of ether oxygens (including phenoxy) is 1. The molecule has 4 heteroatoms. The summed E-state index contributed by atoms with van der Waals surface area (Å²) in [5.74, 6) is 2.81. The Hall–Kier alpha value is -6.65. The summed E-state index contributed by atoms with van der Waals surface area (Å²) in [5.41, 5.74) is 13.1. The number of rotatable bonds is 6. The lowest BCUT2D eigenvalue weighted by atomic mass is 9.89. The smallest absolute Gasteiger partial charge is 0.164 e. The third kappa shape index (κ3) is 5.53. The van der Waals surface area contributed by atoms with Crippen molar-refractivity contribution in [3.63, 3.8) is 0 Å². The Balaban J connectivity index is 1.15. The molecule has 0 spiro atoms. The van der Waals surface area contributed by atoms with E-state index < -0.39 is 0 Å². The first kappa shape index (κ1) is 29.5. The molecule has 0 aliphatic carbocycles. The highest BCUT2D eigenvalue weighted by molar-refractivity contribution is 5.89. The molecule has 7 aromatic carbocycles. The second-order valence-corrected chi connectivity index (χ2v) is 12.4. The fraction of sp³-hybridized carbons (Fsp3) is 0.0217. The number of benzene rings is 7. The first-order chi connectivity index (χ1) is 24.8. The summed E-state index contributed by atoms with van der Waals surface area (Å²) in [4.78, 5) is 15.3. The van der Waals surface area contributed by atoms with Crippen molar-refractivity contribution in [3.05, 3.63) is 181 Å². The highest BCUT2D eigenvalue weighted by Gasteiger charge is 2.21. The van der Waals surface area contributed by atoms with Crippen LogP contribution in [0.3, 0.4) is 0 Å². The maximum absolute atomic E-state index is 6.06. The van der Waals surface area contributed by atoms with Crippen LogP contribution in [0, 0.1) is 0 Å². The Morgan fingerprint density at radius 1 is 0.320 bits per heavy atom. The summed E-state index contributed by atoms with van der Waals surface area (Å²) in [6.45, 7) is 0.561. The summed E-state index contributed by atoms with van der Waals surface area (Å²) < 4.78 is 6.06. The van der Waals surface area contributed by atoms with E-state index in [1.54, 1.807) is 0 Å². The molecule has 0 fully saturated rings. The molecule has 236 valence electrons. The molecule has 1 aliphatic heterocycles. The summed E-state index contributed by atoms with van der Waals surface area (Å²) >= 11 is 0. The highest BCUT2D eigenvalue weighted by Crippen LogP contribution is 2.43. The summed E-state index contributed by atoms with van der Waals surface area (Å²) in [7, 11) is 0. The van der Waals surface area contributed by atoms with Gasteiger partial charge in [0.2, 0.25) is 0 Å². The van der Waals surface area contributed by atoms with Crippen LogP contribution in [-0.4, -0.2) is 15.0 Å². The van der Waals surface area contributed by atoms with Crippen LogP contribution >= 0.6 is 0 Å². The zero-order valence-corrected chi connectivity index (χ0v) is 27.2. The van der Waals surface area contributed by atoms with E-state index in [1.165, 1.54) is 22.3 Å². The minimum absolute atomic E-state index is 0.561. The van der Waals surface area contributed by atoms with Crippen molar-refractivity contribution in [2.24, 2.45) is 0 Å². The standard InChI is InChI=1S/C46H31N3O/c1-3-12-31(13-4-1)32-22-26-35(27-23-32)44-47-45(49-46(48-44)40-18-8-7-17-38(40)33-14-5-2-6-15-33)36-28-24-34(25-29-36)39-20-11-16-37-30-50-42-21-10-9-19-41(42)43(37)39/h1-29H,30H2. The number of fused-ring (bicyclic) bond motifs is 3. The number of nitrogens with zero attached hydrogens (tertiary/aromatic N) is 3. The first-order valence-corrected chi connectivity index (χ1v) is 16.8. The van der Waals surface area contributed by atoms with Crippen LogP contribution in [0.5, 0.6) is 5.75 Å². The van der Waals surface area contributed by atoms with E-state index in [0.29, 0.717) is 24.1 Å². The monoisotopic (exact) mass is 641 g/mol. The van der Waals surface area contributed by atoms with Crippen molar-refractivity contribution in [2.75, 3.05) is 0 Å². The van der Waals surface area contributed by atoms with Crippen molar-refractivity contribution >= 4 is 0 Å². The maximum Gasteiger partial charge on any atom is 0.164 e. The average Bonchev–Trinajstić information content (AvgIpc) is 3.21. The third-order valence-corrected chi connectivity index (χ3v) is 9.28. The molecule has 0 atom stereocenters. The molecule has 0 unspecified atom stereocenters. The lowest BCUT2D eigenvalue weighted by Crippen LogP contribution is -2.06. The molecule has 0 radical (unpaired) electrons. The molecule has 0 bridgehead atoms. The van der Waals surface area contributed by atoms with Gasteiger partial charge < -0.3 is 4.74 Å². The minimum Gasteiger partial charge on any atom is -0.488 e. The molecule has 1 aliphatic rings. The van der Waals surface area contributed by atoms with Crippen molar-refractivity contribution in [1.29, 1.82) is 0 Å². The Bertz CT molecular complexity index is 2460. The fourth-order valence-corrected chi connectivity index (χ4v) is 6.78. The topological polar surface area (TPSA) is 47.9 Å². The van der Waals surface area contributed by atoms with E-state index >= 15 is 0 Å². The van der Waals surface area contributed by atoms with Crippen LogP contribution in [0.15, 0.2) is 176 Å². The summed E-state index contributed by atoms with van der Waals surface area (Å²) in [6, 6.07) is 60.8. The quantitative estimate of drug-likeness (QED) is 0.181. The molecule has 9 rings (SSSR count). The molecule has 1 aromatic heterocycles. The minimum atomic E-state index is 0.561. The van der Waals surface area contributed by atoms with Gasteiger partial charge in [-0.3, -0.25) is 0 Å². The molecule has 0 amide bonds. The maximum atomic E-state index is 6.06. The molecule has 4 nitrogen and oxygen atoms in total. The number of hydrogen-bond acceptors (Lipinski definition) is 4. The molecular weight excluding hydrogens is 611 g/mol. The van der Waals surface area contributed by atoms with Crippen LogP contribution in [0.25, 0.3) is 78.7 Å². The van der Waals surface area contributed by atoms with Gasteiger partial charge in [-0.2, -0.15) is 0 Å². The average molecular weight is 642 g/mol. The SMILES string of the molecule is c1ccc(-c2ccc(-c3nc(-c4ccc(-c5cccc6c5-c5ccccc5OC6)cc4)nc(-c4ccccc4-c4ccccc4)n3)cc2)cc1. The second-order valence-electron chi connectivity index (χ2n) is 12.4. The normalized spacial score (nSPS) is 11.7. The van der Waals surface area contributed by atoms with E-state index in [4.69, 9.17) is 19.7 Å². The first-order valence-electron chi connectivity index (χ1n) is 16.8. The molecule has 2 heterocycles. The van der Waals surface area contributed by atoms with Crippen LogP contribution in [0.2, 0.25) is 0 Å². The Kier molecular flexibility index (Phi) is 7.52. The van der Waals surface area contributed by atoms with Gasteiger partial charge in [-0.15, -0.1) is 0 Å². The van der Waals surface area contributed by atoms with E-state index in [9.17, 15) is 0 Å². The van der Waals surface area contributed by atoms with Crippen LogP contribution in [0.1, 0.15) is 5.56 Å². The van der Waals surface area contributed by atoms with Crippen LogP contribution in [0.4, 0.5) is 0 Å². The van der Waals surface area contributed by atoms with E-state index in [-0.39, 0.29) is 0 Å². The van der Waals surface area contributed by atoms with Gasteiger partial charge in [-0.1, -0.05) is 170 Å². The fourth-order valence-electron chi connectivity index (χ4n) is 6.78. The zero-order valence-electron chi connectivity index (χ0n) is 27.2. The molecule has 8 aromatic rings. The van der Waals surface area contributed by atoms with E-state index in [2.05, 4.69) is 146 Å². The molecular formula is C46H31N3O. The van der Waals surface area contributed by atoms with Gasteiger partial charge in [-0.25, -0.2) is 15.0 Å². The van der Waals surface area contributed by atoms with Crippen molar-refractivity contribution in [1.82, 2.24) is 15.0 Å². The lowest BCUT2D eigenvalue weighted by molar-refractivity contribution is 0.302. The van der Waals surface area contributed by atoms with Crippen molar-refractivity contribution in [2.45, 2.75) is 6.61 Å². The molecule has 0 saturated carbocycles. The van der Waals surface area contributed by atoms with Gasteiger partial charge in [-0.05, 0) is 50.6 Å². The Morgan fingerprint density at radius 3 is 1.46 bits per heavy atom. The van der Waals surface area contributed by atoms with Crippen molar-refractivity contribution in [3.8, 4) is 84.4 Å². The van der Waals surface area contributed by atoms with Gasteiger partial charge in [0.15, 0.2) is 17.5 Å². The Morgan fingerprint density at radius 2 is 0.780 bits per heavy atom. The van der Waals surface area contributed by atoms with Crippen LogP contribution in [-0.2, 0) is 6.61 Å². The third-order valence-electron chi connectivity index (χ3n) is 9.28. The molecule has 50 heavy (non-hydrogen) atoms. The number of hydrogen-bond donors (Lipinski definition) is 0. The Labute approximate surface area is 291 Å². The summed E-state index contributed by atoms with van der Waals surface area (Å²) in [5, 5.41) is 0.